The Labute approximate surface area is 216 Å². The number of carbonyl (C=O) groups excluding carboxylic acids is 2. The Morgan fingerprint density at radius 3 is 2.50 bits per heavy atom. The molecule has 1 aromatic carbocycles. The van der Waals surface area contributed by atoms with Gasteiger partial charge in [-0.25, -0.2) is 4.98 Å². The summed E-state index contributed by atoms with van der Waals surface area (Å²) in [4.78, 5) is 30.5. The molecule has 1 fully saturated rings. The average Bonchev–Trinajstić information content (AvgIpc) is 3.31. The van der Waals surface area contributed by atoms with Gasteiger partial charge in [0.25, 0.3) is 0 Å². The first-order valence-electron chi connectivity index (χ1n) is 9.47. The van der Waals surface area contributed by atoms with Crippen molar-refractivity contribution in [2.45, 2.75) is 36.9 Å². The monoisotopic (exact) mass is 480 g/mol. The van der Waals surface area contributed by atoms with Gasteiger partial charge < -0.3 is 25.0 Å². The molecule has 1 aromatic heterocycles. The summed E-state index contributed by atoms with van der Waals surface area (Å²) in [6, 6.07) is 7.02. The number of rotatable bonds is 6. The van der Waals surface area contributed by atoms with Crippen LogP contribution in [0.4, 0.5) is 0 Å². The molecule has 0 spiro atoms. The fourth-order valence-electron chi connectivity index (χ4n) is 3.96. The topological polar surface area (TPSA) is 114 Å². The zero-order chi connectivity index (χ0) is 22.9. The van der Waals surface area contributed by atoms with Crippen molar-refractivity contribution in [1.82, 2.24) is 9.88 Å². The zero-order valence-electron chi connectivity index (χ0n) is 17.9. The largest absolute Gasteiger partial charge is 1.00 e. The molecule has 7 nitrogen and oxygen atoms in total. The molecule has 2 aliphatic rings. The van der Waals surface area contributed by atoms with E-state index >= 15 is 0 Å². The number of amides is 1. The molecule has 1 amide bonds. The molecular weight excluding hydrogens is 459 g/mol. The number of carbonyl (C=O) groups is 2. The second-order valence-electron chi connectivity index (χ2n) is 7.21. The first-order chi connectivity index (χ1) is 14.8. The van der Waals surface area contributed by atoms with E-state index in [1.54, 1.807) is 6.92 Å². The van der Waals surface area contributed by atoms with Gasteiger partial charge in [0.2, 0.25) is 5.91 Å². The van der Waals surface area contributed by atoms with Gasteiger partial charge in [-0.15, -0.1) is 24.2 Å². The molecular formula is C22H21N2NaO5S2. The van der Waals surface area contributed by atoms with Crippen molar-refractivity contribution < 1.29 is 54.5 Å². The number of β-lactam (4-membered cyclic amide) rings is 1. The molecule has 2 aromatic rings. The van der Waals surface area contributed by atoms with Crippen LogP contribution in [0, 0.1) is 24.7 Å². The van der Waals surface area contributed by atoms with Gasteiger partial charge in [0.1, 0.15) is 0 Å². The number of thiazole rings is 1. The Morgan fingerprint density at radius 2 is 1.97 bits per heavy atom. The number of terminal acetylenes is 1. The van der Waals surface area contributed by atoms with E-state index in [4.69, 9.17) is 5.11 Å². The molecule has 3 heterocycles. The molecule has 10 heteroatoms. The number of aliphatic hydroxyl groups excluding tert-OH is 2. The van der Waals surface area contributed by atoms with Crippen molar-refractivity contribution >= 4 is 35.0 Å². The first kappa shape index (κ1) is 26.6. The van der Waals surface area contributed by atoms with Gasteiger partial charge in [0, 0.05) is 21.8 Å². The van der Waals surface area contributed by atoms with Crippen molar-refractivity contribution in [2.75, 3.05) is 0 Å². The maximum absolute atomic E-state index is 12.4. The molecule has 0 radical (unpaired) electrons. The van der Waals surface area contributed by atoms with Crippen LogP contribution < -0.4 is 34.7 Å². The van der Waals surface area contributed by atoms with Crippen LogP contribution in [0.15, 0.2) is 44.6 Å². The van der Waals surface area contributed by atoms with E-state index < -0.39 is 18.0 Å². The third kappa shape index (κ3) is 4.68. The van der Waals surface area contributed by atoms with E-state index in [0.29, 0.717) is 9.24 Å². The number of benzene rings is 1. The number of carboxylic acids is 1. The van der Waals surface area contributed by atoms with Crippen LogP contribution in [0.25, 0.3) is 11.3 Å². The van der Waals surface area contributed by atoms with Crippen molar-refractivity contribution in [3.05, 3.63) is 45.8 Å². The maximum atomic E-state index is 12.4. The Balaban J connectivity index is 0.00000118. The molecule has 0 saturated carbocycles. The molecule has 0 aliphatic carbocycles. The Morgan fingerprint density at radius 1 is 1.34 bits per heavy atom. The van der Waals surface area contributed by atoms with Crippen LogP contribution in [-0.4, -0.2) is 44.1 Å². The number of hydrogen-bond acceptors (Lipinski definition) is 8. The Kier molecular flexibility index (Phi) is 9.14. The minimum absolute atomic E-state index is 0. The second kappa shape index (κ2) is 11.0. The van der Waals surface area contributed by atoms with E-state index in [1.807, 2.05) is 36.6 Å². The number of nitrogens with zero attached hydrogens (tertiary/aromatic N) is 2. The molecule has 4 rings (SSSR count). The molecule has 1 saturated heterocycles. The summed E-state index contributed by atoms with van der Waals surface area (Å²) in [5.74, 6) is -2.61. The smallest absolute Gasteiger partial charge is 0.543 e. The number of carboxylic acid groups (broad SMARTS) is 1. The number of fused-ring (bicyclic) bond motifs is 1. The third-order valence-corrected chi connectivity index (χ3v) is 7.64. The van der Waals surface area contributed by atoms with Crippen molar-refractivity contribution in [3.8, 4) is 24.1 Å². The van der Waals surface area contributed by atoms with E-state index in [2.05, 4.69) is 17.8 Å². The van der Waals surface area contributed by atoms with E-state index in [9.17, 15) is 19.8 Å². The summed E-state index contributed by atoms with van der Waals surface area (Å²) >= 11 is 2.62. The number of hydrogen-bond donors (Lipinski definition) is 2. The van der Waals surface area contributed by atoms with Crippen LogP contribution >= 0.6 is 23.1 Å². The van der Waals surface area contributed by atoms with Gasteiger partial charge in [-0.05, 0) is 12.5 Å². The molecule has 2 aliphatic heterocycles. The fraction of sp³-hybridized carbons (Fsp3) is 0.318. The summed E-state index contributed by atoms with van der Waals surface area (Å²) in [7, 11) is 0. The predicted octanol–water partition coefficient (Wildman–Crippen LogP) is -1.53. The van der Waals surface area contributed by atoms with Crippen molar-refractivity contribution in [2.24, 2.45) is 11.8 Å². The van der Waals surface area contributed by atoms with Crippen LogP contribution in [0.3, 0.4) is 0 Å². The summed E-state index contributed by atoms with van der Waals surface area (Å²) in [5.41, 5.74) is 2.35. The Bertz CT molecular complexity index is 1050. The summed E-state index contributed by atoms with van der Waals surface area (Å²) in [6.45, 7) is 3.38. The van der Waals surface area contributed by atoms with Crippen LogP contribution in [-0.2, 0) is 16.2 Å². The molecule has 1 unspecified atom stereocenters. The Hall–Kier alpha value is -1.64. The van der Waals surface area contributed by atoms with Crippen LogP contribution in [0.2, 0.25) is 0 Å². The maximum Gasteiger partial charge on any atom is 1.00 e. The van der Waals surface area contributed by atoms with Gasteiger partial charge >= 0.3 is 29.6 Å². The number of thioether (sulfide) groups is 1. The minimum Gasteiger partial charge on any atom is -0.543 e. The molecule has 162 valence electrons. The van der Waals surface area contributed by atoms with Gasteiger partial charge in [0.05, 0.1) is 42.0 Å². The van der Waals surface area contributed by atoms with Gasteiger partial charge in [-0.1, -0.05) is 43.0 Å². The molecule has 4 atom stereocenters. The minimum atomic E-state index is -1.39. The zero-order valence-corrected chi connectivity index (χ0v) is 21.5. The van der Waals surface area contributed by atoms with Crippen LogP contribution in [0.1, 0.15) is 19.4 Å². The fourth-order valence-corrected chi connectivity index (χ4v) is 6.05. The molecule has 0 bridgehead atoms. The number of aliphatic carboxylic acids is 1. The average molecular weight is 481 g/mol. The summed E-state index contributed by atoms with van der Waals surface area (Å²) < 4.78 is 0.662. The number of aromatic nitrogens is 1. The van der Waals surface area contributed by atoms with E-state index in [-0.39, 0.29) is 59.7 Å². The summed E-state index contributed by atoms with van der Waals surface area (Å²) in [6.07, 6.45) is 7.16. The van der Waals surface area contributed by atoms with Crippen LogP contribution in [0.5, 0.6) is 0 Å². The standard InChI is InChI=1S/C20H20N2O5S2.C2H2.Na/c1-9-15-14(10(2)24)18(25)22(15)16(19(26)27)17(9)29-20-21-13(8-28-20)12-5-3-11(7-23)4-6-12;1-2;/h3-6,8-10,14-15,23-24H,7H2,1-2H3,(H,26,27);1-2H;/q;;+1/p-1/t9-,10-,14-,15?;;/m1../s1. The third-order valence-electron chi connectivity index (χ3n) is 5.41. The van der Waals surface area contributed by atoms with Crippen molar-refractivity contribution in [1.29, 1.82) is 0 Å². The predicted molar refractivity (Wildman–Crippen MR) is 116 cm³/mol. The van der Waals surface area contributed by atoms with Gasteiger partial charge in [0.15, 0.2) is 4.34 Å². The SMILES string of the molecule is C#C.C[C@H]1C(Sc2nc(-c3ccc(CO)cc3)cs2)=C(C(=O)[O-])N2C(=O)[C@H]([C@@H](C)O)C12.[Na+]. The van der Waals surface area contributed by atoms with Gasteiger partial charge in [-0.2, -0.15) is 0 Å². The van der Waals surface area contributed by atoms with E-state index in [0.717, 1.165) is 16.8 Å². The molecule has 2 N–H and O–H groups in total. The van der Waals surface area contributed by atoms with E-state index in [1.165, 1.54) is 28.0 Å². The second-order valence-corrected chi connectivity index (χ2v) is 9.36. The quantitative estimate of drug-likeness (QED) is 0.293. The molecule has 32 heavy (non-hydrogen) atoms. The normalized spacial score (nSPS) is 22.2. The number of aliphatic hydroxyl groups is 2. The van der Waals surface area contributed by atoms with Crippen molar-refractivity contribution in [3.63, 3.8) is 0 Å². The summed E-state index contributed by atoms with van der Waals surface area (Å²) in [5, 5.41) is 32.7. The first-order valence-corrected chi connectivity index (χ1v) is 11.2. The van der Waals surface area contributed by atoms with Gasteiger partial charge in [-0.3, -0.25) is 4.79 Å².